The highest BCUT2D eigenvalue weighted by atomic mass is 16.6. The second-order valence-corrected chi connectivity index (χ2v) is 11.4. The van der Waals surface area contributed by atoms with E-state index in [-0.39, 0.29) is 23.8 Å². The smallest absolute Gasteiger partial charge is 0.408 e. The minimum absolute atomic E-state index is 0.0718. The van der Waals surface area contributed by atoms with E-state index in [1.54, 1.807) is 31.9 Å². The van der Waals surface area contributed by atoms with Gasteiger partial charge in [-0.25, -0.2) is 14.8 Å². The molecule has 0 saturated carbocycles. The number of alkyl carbamates (subject to hydrolysis) is 1. The van der Waals surface area contributed by atoms with Crippen LogP contribution in [0.1, 0.15) is 69.7 Å². The summed E-state index contributed by atoms with van der Waals surface area (Å²) in [6.07, 6.45) is 6.61. The van der Waals surface area contributed by atoms with Gasteiger partial charge < -0.3 is 26.0 Å². The summed E-state index contributed by atoms with van der Waals surface area (Å²) in [5.41, 5.74) is 7.84. The number of carbonyl (C=O) groups is 3. The highest BCUT2D eigenvalue weighted by molar-refractivity contribution is 5.91. The van der Waals surface area contributed by atoms with Crippen molar-refractivity contribution in [1.29, 1.82) is 0 Å². The second kappa shape index (κ2) is 12.4. The molecule has 1 aliphatic carbocycles. The van der Waals surface area contributed by atoms with E-state index < -0.39 is 23.8 Å². The van der Waals surface area contributed by atoms with Gasteiger partial charge >= 0.3 is 6.09 Å². The number of aryl methyl sites for hydroxylation is 1. The number of ether oxygens (including phenoxy) is 1. The summed E-state index contributed by atoms with van der Waals surface area (Å²) in [7, 11) is 0. The van der Waals surface area contributed by atoms with Crippen LogP contribution in [0.5, 0.6) is 0 Å². The van der Waals surface area contributed by atoms with E-state index in [1.165, 1.54) is 0 Å². The van der Waals surface area contributed by atoms with E-state index in [0.717, 1.165) is 42.5 Å². The fourth-order valence-electron chi connectivity index (χ4n) is 5.29. The van der Waals surface area contributed by atoms with Gasteiger partial charge in [-0.2, -0.15) is 0 Å². The summed E-state index contributed by atoms with van der Waals surface area (Å²) in [4.78, 5) is 50.4. The molecular formula is C29H40N6O4. The molecule has 10 nitrogen and oxygen atoms in total. The second-order valence-electron chi connectivity index (χ2n) is 11.4. The van der Waals surface area contributed by atoms with Gasteiger partial charge in [-0.05, 0) is 64.0 Å². The van der Waals surface area contributed by atoms with Crippen LogP contribution in [0.4, 0.5) is 10.7 Å². The molecule has 210 valence electrons. The van der Waals surface area contributed by atoms with Crippen molar-refractivity contribution in [3.8, 4) is 0 Å². The minimum Gasteiger partial charge on any atom is -0.444 e. The molecule has 1 aliphatic heterocycles. The third-order valence-electron chi connectivity index (χ3n) is 7.13. The van der Waals surface area contributed by atoms with Crippen LogP contribution in [0.2, 0.25) is 0 Å². The molecule has 4 rings (SSSR count). The van der Waals surface area contributed by atoms with Crippen LogP contribution in [0.3, 0.4) is 0 Å². The fourth-order valence-corrected chi connectivity index (χ4v) is 5.29. The highest BCUT2D eigenvalue weighted by Crippen LogP contribution is 2.23. The Labute approximate surface area is 230 Å². The van der Waals surface area contributed by atoms with E-state index in [4.69, 9.17) is 10.5 Å². The molecule has 10 heteroatoms. The predicted molar refractivity (Wildman–Crippen MR) is 148 cm³/mol. The van der Waals surface area contributed by atoms with Crippen LogP contribution >= 0.6 is 0 Å². The molecular weight excluding hydrogens is 496 g/mol. The number of carbonyl (C=O) groups excluding carboxylic acids is 3. The maximum absolute atomic E-state index is 14.0. The van der Waals surface area contributed by atoms with Crippen molar-refractivity contribution in [3.05, 3.63) is 53.3 Å². The SMILES string of the molecule is CC(C)(C)OC(=O)N[C@H](Cc1ccccc1)C(=O)N1CCCCC[C@H]1C(=O)NC1CCc2nc(N)ncc2C1. The van der Waals surface area contributed by atoms with Crippen molar-refractivity contribution in [3.63, 3.8) is 0 Å². The van der Waals surface area contributed by atoms with Crippen molar-refractivity contribution >= 4 is 23.9 Å². The third kappa shape index (κ3) is 7.91. The first-order valence-electron chi connectivity index (χ1n) is 13.8. The molecule has 3 amide bonds. The molecule has 4 N–H and O–H groups in total. The van der Waals surface area contributed by atoms with Crippen molar-refractivity contribution in [2.45, 2.75) is 95.9 Å². The number of nitrogens with zero attached hydrogens (tertiary/aromatic N) is 3. The van der Waals surface area contributed by atoms with Gasteiger partial charge in [0.2, 0.25) is 17.8 Å². The number of nitrogens with one attached hydrogen (secondary N) is 2. The van der Waals surface area contributed by atoms with Crippen molar-refractivity contribution in [1.82, 2.24) is 25.5 Å². The van der Waals surface area contributed by atoms with Crippen LogP contribution in [0.25, 0.3) is 0 Å². The quantitative estimate of drug-likeness (QED) is 0.516. The minimum atomic E-state index is -0.861. The number of hydrogen-bond acceptors (Lipinski definition) is 7. The molecule has 0 bridgehead atoms. The lowest BCUT2D eigenvalue weighted by Gasteiger charge is -2.34. The van der Waals surface area contributed by atoms with Crippen LogP contribution in [-0.4, -0.2) is 63.0 Å². The lowest BCUT2D eigenvalue weighted by atomic mass is 9.92. The Bertz CT molecular complexity index is 1170. The maximum atomic E-state index is 14.0. The van der Waals surface area contributed by atoms with Crippen LogP contribution in [0, 0.1) is 0 Å². The normalized spacial score (nSPS) is 20.2. The molecule has 0 radical (unpaired) electrons. The third-order valence-corrected chi connectivity index (χ3v) is 7.13. The fraction of sp³-hybridized carbons (Fsp3) is 0.552. The summed E-state index contributed by atoms with van der Waals surface area (Å²) < 4.78 is 5.46. The van der Waals surface area contributed by atoms with E-state index in [0.29, 0.717) is 32.2 Å². The summed E-state index contributed by atoms with van der Waals surface area (Å²) in [5, 5.41) is 5.97. The Morgan fingerprint density at radius 3 is 2.64 bits per heavy atom. The Morgan fingerprint density at radius 1 is 1.13 bits per heavy atom. The summed E-state index contributed by atoms with van der Waals surface area (Å²) >= 11 is 0. The number of fused-ring (bicyclic) bond motifs is 1. The molecule has 1 aromatic heterocycles. The summed E-state index contributed by atoms with van der Waals surface area (Å²) in [6, 6.07) is 7.99. The Morgan fingerprint density at radius 2 is 1.90 bits per heavy atom. The van der Waals surface area contributed by atoms with Gasteiger partial charge in [0.25, 0.3) is 0 Å². The van der Waals surface area contributed by atoms with Crippen LogP contribution in [0.15, 0.2) is 36.5 Å². The molecule has 1 fully saturated rings. The molecule has 1 unspecified atom stereocenters. The highest BCUT2D eigenvalue weighted by Gasteiger charge is 2.37. The van der Waals surface area contributed by atoms with Gasteiger partial charge in [-0.15, -0.1) is 0 Å². The number of rotatable bonds is 6. The van der Waals surface area contributed by atoms with E-state index in [2.05, 4.69) is 20.6 Å². The topological polar surface area (TPSA) is 140 Å². The zero-order valence-electron chi connectivity index (χ0n) is 23.1. The largest absolute Gasteiger partial charge is 0.444 e. The van der Waals surface area contributed by atoms with Crippen molar-refractivity contribution < 1.29 is 19.1 Å². The van der Waals surface area contributed by atoms with Crippen molar-refractivity contribution in [2.24, 2.45) is 0 Å². The van der Waals surface area contributed by atoms with E-state index in [9.17, 15) is 14.4 Å². The average molecular weight is 537 g/mol. The van der Waals surface area contributed by atoms with Gasteiger partial charge in [0, 0.05) is 30.9 Å². The molecule has 2 aliphatic rings. The van der Waals surface area contributed by atoms with Gasteiger partial charge in [0.05, 0.1) is 0 Å². The number of nitrogen functional groups attached to an aromatic ring is 1. The molecule has 3 atom stereocenters. The molecule has 39 heavy (non-hydrogen) atoms. The summed E-state index contributed by atoms with van der Waals surface area (Å²) in [6.45, 7) is 5.79. The van der Waals surface area contributed by atoms with E-state index in [1.807, 2.05) is 30.3 Å². The predicted octanol–water partition coefficient (Wildman–Crippen LogP) is 2.94. The Balaban J connectivity index is 1.50. The van der Waals surface area contributed by atoms with Gasteiger partial charge in [-0.1, -0.05) is 43.2 Å². The van der Waals surface area contributed by atoms with Crippen LogP contribution in [-0.2, 0) is 33.6 Å². The number of likely N-dealkylation sites (tertiary alicyclic amines) is 1. The standard InChI is InChI=1S/C29H40N6O4/c1-29(2,3)39-28(38)34-23(16-19-10-6-4-7-11-19)26(37)35-15-9-5-8-12-24(35)25(36)32-21-13-14-22-20(17-21)18-31-27(30)33-22/h4,6-7,10-11,18,21,23-24H,5,8-9,12-17H2,1-3H3,(H,32,36)(H,34,38)(H2,30,31,33)/t21?,23-,24+/m1/s1. The van der Waals surface area contributed by atoms with Crippen molar-refractivity contribution in [2.75, 3.05) is 12.3 Å². The first kappa shape index (κ1) is 28.3. The lowest BCUT2D eigenvalue weighted by Crippen LogP contribution is -2.57. The number of anilines is 1. The average Bonchev–Trinajstić information content (AvgIpc) is 3.14. The molecule has 2 aromatic rings. The van der Waals surface area contributed by atoms with Gasteiger partial charge in [0.15, 0.2) is 0 Å². The first-order valence-corrected chi connectivity index (χ1v) is 13.8. The molecule has 1 saturated heterocycles. The zero-order valence-corrected chi connectivity index (χ0v) is 23.1. The van der Waals surface area contributed by atoms with Crippen LogP contribution < -0.4 is 16.4 Å². The number of nitrogens with two attached hydrogens (primary N) is 1. The van der Waals surface area contributed by atoms with Gasteiger partial charge in [0.1, 0.15) is 17.7 Å². The van der Waals surface area contributed by atoms with E-state index >= 15 is 0 Å². The monoisotopic (exact) mass is 536 g/mol. The number of amides is 3. The molecule has 2 heterocycles. The summed E-state index contributed by atoms with van der Waals surface area (Å²) in [5.74, 6) is -0.177. The number of hydrogen-bond donors (Lipinski definition) is 3. The number of benzene rings is 1. The molecule has 1 aromatic carbocycles. The maximum Gasteiger partial charge on any atom is 0.408 e. The molecule has 0 spiro atoms. The Hall–Kier alpha value is -3.69. The first-order chi connectivity index (χ1) is 18.6. The Kier molecular flexibility index (Phi) is 9.04. The van der Waals surface area contributed by atoms with Gasteiger partial charge in [-0.3, -0.25) is 9.59 Å². The zero-order chi connectivity index (χ0) is 28.0. The lowest BCUT2D eigenvalue weighted by molar-refractivity contribution is -0.142. The number of aromatic nitrogens is 2.